The monoisotopic (exact) mass is 255 g/mol. The van der Waals surface area contributed by atoms with Gasteiger partial charge in [0.1, 0.15) is 0 Å². The molecule has 0 spiro atoms. The largest absolute Gasteiger partial charge is 0.380 e. The second-order valence-electron chi connectivity index (χ2n) is 4.24. The van der Waals surface area contributed by atoms with Gasteiger partial charge in [-0.25, -0.2) is 0 Å². The van der Waals surface area contributed by atoms with Crippen LogP contribution in [0.5, 0.6) is 0 Å². The molecule has 0 radical (unpaired) electrons. The van der Waals surface area contributed by atoms with Crippen LogP contribution >= 0.6 is 11.6 Å². The molecule has 2 nitrogen and oxygen atoms in total. The van der Waals surface area contributed by atoms with Crippen molar-refractivity contribution in [3.05, 3.63) is 34.9 Å². The second kappa shape index (κ2) is 7.70. The minimum atomic E-state index is 0.337. The summed E-state index contributed by atoms with van der Waals surface area (Å²) in [6, 6.07) is 8.72. The lowest BCUT2D eigenvalue weighted by Crippen LogP contribution is -2.33. The average molecular weight is 256 g/mol. The Kier molecular flexibility index (Phi) is 6.56. The van der Waals surface area contributed by atoms with Crippen LogP contribution < -0.4 is 5.32 Å². The van der Waals surface area contributed by atoms with Gasteiger partial charge in [-0.3, -0.25) is 0 Å². The molecule has 0 heterocycles. The first kappa shape index (κ1) is 14.5. The lowest BCUT2D eigenvalue weighted by atomic mass is 10.0. The molecule has 0 aliphatic rings. The van der Waals surface area contributed by atoms with Crippen molar-refractivity contribution in [3.63, 3.8) is 0 Å². The maximum Gasteiger partial charge on any atom is 0.0616 e. The fourth-order valence-corrected chi connectivity index (χ4v) is 2.06. The van der Waals surface area contributed by atoms with Gasteiger partial charge >= 0.3 is 0 Å². The van der Waals surface area contributed by atoms with Crippen molar-refractivity contribution in [3.8, 4) is 0 Å². The molecule has 96 valence electrons. The van der Waals surface area contributed by atoms with Crippen molar-refractivity contribution < 1.29 is 4.74 Å². The summed E-state index contributed by atoms with van der Waals surface area (Å²) in [6.45, 7) is 7.84. The molecule has 1 N–H and O–H groups in total. The minimum absolute atomic E-state index is 0.337. The van der Waals surface area contributed by atoms with Crippen LogP contribution in [0.15, 0.2) is 24.3 Å². The van der Waals surface area contributed by atoms with Crippen molar-refractivity contribution in [2.45, 2.75) is 39.3 Å². The van der Waals surface area contributed by atoms with E-state index in [1.54, 1.807) is 0 Å². The zero-order valence-corrected chi connectivity index (χ0v) is 11.6. The highest BCUT2D eigenvalue weighted by Crippen LogP contribution is 2.20. The Hall–Kier alpha value is -0.570. The second-order valence-corrected chi connectivity index (χ2v) is 4.68. The first-order chi connectivity index (χ1) is 8.17. The highest BCUT2D eigenvalue weighted by Gasteiger charge is 2.12. The summed E-state index contributed by atoms with van der Waals surface area (Å²) < 4.78 is 5.41. The summed E-state index contributed by atoms with van der Waals surface area (Å²) >= 11 is 6.01. The topological polar surface area (TPSA) is 21.3 Å². The standard InChI is InChI=1S/C14H22ClNO/c1-4-14(16-11(3)10-17-5-2)12-7-6-8-13(15)9-12/h6-9,11,14,16H,4-5,10H2,1-3H3. The van der Waals surface area contributed by atoms with E-state index in [0.29, 0.717) is 12.1 Å². The minimum Gasteiger partial charge on any atom is -0.380 e. The summed E-state index contributed by atoms with van der Waals surface area (Å²) in [5, 5.41) is 4.35. The number of benzene rings is 1. The van der Waals surface area contributed by atoms with Gasteiger partial charge in [0, 0.05) is 23.7 Å². The Morgan fingerprint density at radius 3 is 2.71 bits per heavy atom. The first-order valence-corrected chi connectivity index (χ1v) is 6.64. The predicted molar refractivity (Wildman–Crippen MR) is 73.6 cm³/mol. The average Bonchev–Trinajstić information content (AvgIpc) is 2.33. The van der Waals surface area contributed by atoms with Crippen LogP contribution in [0.3, 0.4) is 0 Å². The molecule has 0 amide bonds. The lowest BCUT2D eigenvalue weighted by molar-refractivity contribution is 0.123. The van der Waals surface area contributed by atoms with E-state index in [1.165, 1.54) is 5.56 Å². The van der Waals surface area contributed by atoms with Gasteiger partial charge < -0.3 is 10.1 Å². The first-order valence-electron chi connectivity index (χ1n) is 6.26. The van der Waals surface area contributed by atoms with Crippen molar-refractivity contribution in [2.24, 2.45) is 0 Å². The Balaban J connectivity index is 2.59. The molecule has 2 atom stereocenters. The van der Waals surface area contributed by atoms with E-state index in [0.717, 1.165) is 24.7 Å². The molecule has 0 aliphatic heterocycles. The highest BCUT2D eigenvalue weighted by molar-refractivity contribution is 6.30. The van der Waals surface area contributed by atoms with E-state index in [2.05, 4.69) is 25.2 Å². The molecule has 17 heavy (non-hydrogen) atoms. The summed E-state index contributed by atoms with van der Waals surface area (Å²) in [5.74, 6) is 0. The Labute approximate surface area is 109 Å². The molecular formula is C14H22ClNO. The van der Waals surface area contributed by atoms with Gasteiger partial charge in [0.15, 0.2) is 0 Å². The SMILES string of the molecule is CCOCC(C)NC(CC)c1cccc(Cl)c1. The molecule has 3 heteroatoms. The number of rotatable bonds is 7. The highest BCUT2D eigenvalue weighted by atomic mass is 35.5. The Morgan fingerprint density at radius 2 is 2.12 bits per heavy atom. The zero-order valence-electron chi connectivity index (χ0n) is 10.9. The molecule has 0 saturated heterocycles. The molecule has 1 rings (SSSR count). The molecule has 0 saturated carbocycles. The van der Waals surface area contributed by atoms with Crippen LogP contribution in [0.2, 0.25) is 5.02 Å². The Bertz CT molecular complexity index is 330. The molecule has 1 aromatic rings. The predicted octanol–water partition coefficient (Wildman–Crippen LogP) is 3.81. The van der Waals surface area contributed by atoms with Gasteiger partial charge in [0.25, 0.3) is 0 Å². The van der Waals surface area contributed by atoms with E-state index in [1.807, 2.05) is 25.1 Å². The van der Waals surface area contributed by atoms with Gasteiger partial charge in [-0.1, -0.05) is 30.7 Å². The normalized spacial score (nSPS) is 14.6. The quantitative estimate of drug-likeness (QED) is 0.800. The van der Waals surface area contributed by atoms with Crippen LogP contribution in [-0.4, -0.2) is 19.3 Å². The number of nitrogens with one attached hydrogen (secondary N) is 1. The fourth-order valence-electron chi connectivity index (χ4n) is 1.86. The van der Waals surface area contributed by atoms with E-state index < -0.39 is 0 Å². The summed E-state index contributed by atoms with van der Waals surface area (Å²) in [4.78, 5) is 0. The van der Waals surface area contributed by atoms with Crippen molar-refractivity contribution in [1.82, 2.24) is 5.32 Å². The summed E-state index contributed by atoms with van der Waals surface area (Å²) in [6.07, 6.45) is 1.04. The van der Waals surface area contributed by atoms with Gasteiger partial charge in [0.2, 0.25) is 0 Å². The van der Waals surface area contributed by atoms with Crippen molar-refractivity contribution in [1.29, 1.82) is 0 Å². The third-order valence-electron chi connectivity index (χ3n) is 2.72. The van der Waals surface area contributed by atoms with Gasteiger partial charge in [-0.05, 0) is 38.0 Å². The maximum absolute atomic E-state index is 6.01. The van der Waals surface area contributed by atoms with Crippen LogP contribution in [0, 0.1) is 0 Å². The molecule has 1 aromatic carbocycles. The van der Waals surface area contributed by atoms with E-state index in [9.17, 15) is 0 Å². The van der Waals surface area contributed by atoms with Gasteiger partial charge in [-0.15, -0.1) is 0 Å². The number of hydrogen-bond acceptors (Lipinski definition) is 2. The van der Waals surface area contributed by atoms with Crippen LogP contribution in [-0.2, 0) is 4.74 Å². The third kappa shape index (κ3) is 5.07. The number of ether oxygens (including phenoxy) is 1. The molecular weight excluding hydrogens is 234 g/mol. The molecule has 0 bridgehead atoms. The third-order valence-corrected chi connectivity index (χ3v) is 2.95. The van der Waals surface area contributed by atoms with E-state index >= 15 is 0 Å². The lowest BCUT2D eigenvalue weighted by Gasteiger charge is -2.22. The summed E-state index contributed by atoms with van der Waals surface area (Å²) in [7, 11) is 0. The van der Waals surface area contributed by atoms with Crippen LogP contribution in [0.1, 0.15) is 38.8 Å². The van der Waals surface area contributed by atoms with Gasteiger partial charge in [-0.2, -0.15) is 0 Å². The van der Waals surface area contributed by atoms with E-state index in [4.69, 9.17) is 16.3 Å². The Morgan fingerprint density at radius 1 is 1.35 bits per heavy atom. The fraction of sp³-hybridized carbons (Fsp3) is 0.571. The van der Waals surface area contributed by atoms with Crippen molar-refractivity contribution >= 4 is 11.6 Å². The maximum atomic E-state index is 6.01. The van der Waals surface area contributed by atoms with Crippen LogP contribution in [0.4, 0.5) is 0 Å². The smallest absolute Gasteiger partial charge is 0.0616 e. The van der Waals surface area contributed by atoms with Gasteiger partial charge in [0.05, 0.1) is 6.61 Å². The molecule has 2 unspecified atom stereocenters. The number of halogens is 1. The molecule has 0 aliphatic carbocycles. The summed E-state index contributed by atoms with van der Waals surface area (Å²) in [5.41, 5.74) is 1.24. The van der Waals surface area contributed by atoms with Crippen LogP contribution in [0.25, 0.3) is 0 Å². The zero-order chi connectivity index (χ0) is 12.7. The van der Waals surface area contributed by atoms with Crippen molar-refractivity contribution in [2.75, 3.05) is 13.2 Å². The molecule has 0 aromatic heterocycles. The molecule has 0 fully saturated rings. The number of hydrogen-bond donors (Lipinski definition) is 1. The van der Waals surface area contributed by atoms with E-state index in [-0.39, 0.29) is 0 Å².